The molecule has 1 heterocycles. The van der Waals surface area contributed by atoms with Crippen LogP contribution in [0.15, 0.2) is 34.9 Å². The van der Waals surface area contributed by atoms with Gasteiger partial charge in [-0.15, -0.1) is 0 Å². The SMILES string of the molecule is COCOc1ccc2ncccc2c1Br. The molecule has 0 saturated heterocycles. The monoisotopic (exact) mass is 267 g/mol. The summed E-state index contributed by atoms with van der Waals surface area (Å²) in [4.78, 5) is 4.25. The van der Waals surface area contributed by atoms with Gasteiger partial charge in [-0.3, -0.25) is 4.98 Å². The molecule has 0 N–H and O–H groups in total. The van der Waals surface area contributed by atoms with Crippen LogP contribution in [0.3, 0.4) is 0 Å². The van der Waals surface area contributed by atoms with E-state index in [1.807, 2.05) is 24.3 Å². The highest BCUT2D eigenvalue weighted by Gasteiger charge is 2.05. The number of methoxy groups -OCH3 is 1. The Bertz CT molecular complexity index is 473. The van der Waals surface area contributed by atoms with E-state index in [9.17, 15) is 0 Å². The van der Waals surface area contributed by atoms with Crippen LogP contribution >= 0.6 is 15.9 Å². The highest BCUT2D eigenvalue weighted by molar-refractivity contribution is 9.10. The van der Waals surface area contributed by atoms with E-state index in [1.165, 1.54) is 0 Å². The fourth-order valence-electron chi connectivity index (χ4n) is 1.33. The van der Waals surface area contributed by atoms with Crippen molar-refractivity contribution in [2.45, 2.75) is 0 Å². The van der Waals surface area contributed by atoms with Crippen LogP contribution in [0.2, 0.25) is 0 Å². The predicted molar refractivity (Wildman–Crippen MR) is 61.9 cm³/mol. The Morgan fingerprint density at radius 3 is 3.00 bits per heavy atom. The number of pyridine rings is 1. The van der Waals surface area contributed by atoms with Gasteiger partial charge in [-0.05, 0) is 34.1 Å². The predicted octanol–water partition coefficient (Wildman–Crippen LogP) is 2.98. The molecule has 0 radical (unpaired) electrons. The molecule has 4 heteroatoms. The Morgan fingerprint density at radius 1 is 1.33 bits per heavy atom. The largest absolute Gasteiger partial charge is 0.466 e. The summed E-state index contributed by atoms with van der Waals surface area (Å²) >= 11 is 3.49. The number of benzene rings is 1. The van der Waals surface area contributed by atoms with Crippen molar-refractivity contribution in [2.24, 2.45) is 0 Å². The molecular formula is C11H10BrNO2. The summed E-state index contributed by atoms with van der Waals surface area (Å²) in [7, 11) is 1.59. The number of nitrogens with zero attached hydrogens (tertiary/aromatic N) is 1. The van der Waals surface area contributed by atoms with Gasteiger partial charge in [-0.1, -0.05) is 6.07 Å². The lowest BCUT2D eigenvalue weighted by Gasteiger charge is -2.08. The first-order valence-electron chi connectivity index (χ1n) is 4.48. The van der Waals surface area contributed by atoms with Crippen molar-refractivity contribution >= 4 is 26.8 Å². The van der Waals surface area contributed by atoms with Gasteiger partial charge in [-0.25, -0.2) is 0 Å². The molecule has 15 heavy (non-hydrogen) atoms. The second-order valence-electron chi connectivity index (χ2n) is 3.00. The normalized spacial score (nSPS) is 10.5. The van der Waals surface area contributed by atoms with Crippen LogP contribution in [0.5, 0.6) is 5.75 Å². The van der Waals surface area contributed by atoms with Crippen LogP contribution in [0.4, 0.5) is 0 Å². The van der Waals surface area contributed by atoms with Gasteiger partial charge < -0.3 is 9.47 Å². The van der Waals surface area contributed by atoms with E-state index in [0.29, 0.717) is 0 Å². The summed E-state index contributed by atoms with van der Waals surface area (Å²) in [6.45, 7) is 0.240. The smallest absolute Gasteiger partial charge is 0.188 e. The third kappa shape index (κ3) is 2.11. The Balaban J connectivity index is 2.45. The van der Waals surface area contributed by atoms with Crippen LogP contribution in [0, 0.1) is 0 Å². The van der Waals surface area contributed by atoms with E-state index in [2.05, 4.69) is 20.9 Å². The van der Waals surface area contributed by atoms with E-state index in [4.69, 9.17) is 9.47 Å². The lowest BCUT2D eigenvalue weighted by molar-refractivity contribution is 0.0507. The van der Waals surface area contributed by atoms with Crippen LogP contribution in [-0.4, -0.2) is 18.9 Å². The molecule has 1 aromatic carbocycles. The Kier molecular flexibility index (Phi) is 3.18. The van der Waals surface area contributed by atoms with Gasteiger partial charge in [0.25, 0.3) is 0 Å². The third-order valence-electron chi connectivity index (χ3n) is 2.02. The van der Waals surface area contributed by atoms with Gasteiger partial charge in [0.2, 0.25) is 0 Å². The Hall–Kier alpha value is -1.13. The molecule has 2 aromatic rings. The highest BCUT2D eigenvalue weighted by Crippen LogP contribution is 2.31. The molecule has 78 valence electrons. The van der Waals surface area contributed by atoms with E-state index >= 15 is 0 Å². The maximum atomic E-state index is 5.40. The zero-order valence-electron chi connectivity index (χ0n) is 8.24. The molecule has 0 unspecified atom stereocenters. The van der Waals surface area contributed by atoms with Gasteiger partial charge in [0, 0.05) is 18.7 Å². The molecule has 0 spiro atoms. The summed E-state index contributed by atoms with van der Waals surface area (Å²) in [5.74, 6) is 0.761. The number of hydrogen-bond acceptors (Lipinski definition) is 3. The summed E-state index contributed by atoms with van der Waals surface area (Å²) in [6.07, 6.45) is 1.77. The van der Waals surface area contributed by atoms with Gasteiger partial charge in [0.05, 0.1) is 9.99 Å². The zero-order chi connectivity index (χ0) is 10.7. The average Bonchev–Trinajstić information content (AvgIpc) is 2.29. The minimum atomic E-state index is 0.240. The van der Waals surface area contributed by atoms with Gasteiger partial charge in [0.15, 0.2) is 6.79 Å². The molecule has 3 nitrogen and oxygen atoms in total. The van der Waals surface area contributed by atoms with Crippen molar-refractivity contribution in [1.82, 2.24) is 4.98 Å². The zero-order valence-corrected chi connectivity index (χ0v) is 9.82. The standard InChI is InChI=1S/C11H10BrNO2/c1-14-7-15-10-5-4-9-8(11(10)12)3-2-6-13-9/h2-6H,7H2,1H3. The molecular weight excluding hydrogens is 258 g/mol. The number of aromatic nitrogens is 1. The fourth-order valence-corrected chi connectivity index (χ4v) is 1.91. The first-order valence-corrected chi connectivity index (χ1v) is 5.27. The maximum absolute atomic E-state index is 5.40. The van der Waals surface area contributed by atoms with Crippen LogP contribution in [0.1, 0.15) is 0 Å². The first-order chi connectivity index (χ1) is 7.33. The fraction of sp³-hybridized carbons (Fsp3) is 0.182. The van der Waals surface area contributed by atoms with Crippen LogP contribution in [-0.2, 0) is 4.74 Å². The molecule has 0 fully saturated rings. The minimum Gasteiger partial charge on any atom is -0.466 e. The quantitative estimate of drug-likeness (QED) is 0.802. The lowest BCUT2D eigenvalue weighted by Crippen LogP contribution is -1.99. The lowest BCUT2D eigenvalue weighted by atomic mass is 10.2. The van der Waals surface area contributed by atoms with Crippen molar-refractivity contribution < 1.29 is 9.47 Å². The number of ether oxygens (including phenoxy) is 2. The molecule has 2 rings (SSSR count). The van der Waals surface area contributed by atoms with Gasteiger partial charge >= 0.3 is 0 Å². The molecule has 0 atom stereocenters. The molecule has 1 aromatic heterocycles. The minimum absolute atomic E-state index is 0.240. The first kappa shape index (κ1) is 10.4. The van der Waals surface area contributed by atoms with Gasteiger partial charge in [0.1, 0.15) is 5.75 Å². The maximum Gasteiger partial charge on any atom is 0.188 e. The van der Waals surface area contributed by atoms with Crippen molar-refractivity contribution in [3.8, 4) is 5.75 Å². The van der Waals surface area contributed by atoms with Crippen molar-refractivity contribution in [3.63, 3.8) is 0 Å². The second-order valence-corrected chi connectivity index (χ2v) is 3.79. The molecule has 0 amide bonds. The molecule has 0 aliphatic carbocycles. The Labute approximate surface area is 96.2 Å². The van der Waals surface area contributed by atoms with Gasteiger partial charge in [-0.2, -0.15) is 0 Å². The topological polar surface area (TPSA) is 31.4 Å². The van der Waals surface area contributed by atoms with E-state index < -0.39 is 0 Å². The van der Waals surface area contributed by atoms with Crippen molar-refractivity contribution in [3.05, 3.63) is 34.9 Å². The second kappa shape index (κ2) is 4.59. The van der Waals surface area contributed by atoms with Crippen LogP contribution in [0.25, 0.3) is 10.9 Å². The number of rotatable bonds is 3. The van der Waals surface area contributed by atoms with E-state index in [0.717, 1.165) is 21.1 Å². The number of halogens is 1. The summed E-state index contributed by atoms with van der Waals surface area (Å²) in [5, 5.41) is 1.03. The van der Waals surface area contributed by atoms with Crippen molar-refractivity contribution in [2.75, 3.05) is 13.9 Å². The number of hydrogen-bond donors (Lipinski definition) is 0. The van der Waals surface area contributed by atoms with E-state index in [-0.39, 0.29) is 6.79 Å². The third-order valence-corrected chi connectivity index (χ3v) is 2.83. The molecule has 0 aliphatic rings. The average molecular weight is 268 g/mol. The molecule has 0 bridgehead atoms. The molecule has 0 aliphatic heterocycles. The summed E-state index contributed by atoms with van der Waals surface area (Å²) < 4.78 is 11.2. The Morgan fingerprint density at radius 2 is 2.20 bits per heavy atom. The number of fused-ring (bicyclic) bond motifs is 1. The highest BCUT2D eigenvalue weighted by atomic mass is 79.9. The van der Waals surface area contributed by atoms with Crippen molar-refractivity contribution in [1.29, 1.82) is 0 Å². The molecule has 0 saturated carbocycles. The summed E-state index contributed by atoms with van der Waals surface area (Å²) in [6, 6.07) is 7.68. The van der Waals surface area contributed by atoms with E-state index in [1.54, 1.807) is 13.3 Å². The van der Waals surface area contributed by atoms with Crippen LogP contribution < -0.4 is 4.74 Å². The summed E-state index contributed by atoms with van der Waals surface area (Å²) in [5.41, 5.74) is 0.939.